The summed E-state index contributed by atoms with van der Waals surface area (Å²) < 4.78 is 1.39. The normalized spacial score (nSPS) is 20.2. The third kappa shape index (κ3) is 3.14. The van der Waals surface area contributed by atoms with Crippen molar-refractivity contribution in [2.45, 2.75) is 19.8 Å². The number of likely N-dealkylation sites (tertiary alicyclic amines) is 1. The largest absolute Gasteiger partial charge is 0.481 e. The van der Waals surface area contributed by atoms with Gasteiger partial charge in [-0.05, 0) is 30.5 Å². The van der Waals surface area contributed by atoms with Crippen molar-refractivity contribution in [1.29, 1.82) is 0 Å². The maximum Gasteiger partial charge on any atom is 0.308 e. The summed E-state index contributed by atoms with van der Waals surface area (Å²) in [5.41, 5.74) is 0.724. The number of fused-ring (bicyclic) bond motifs is 1. The number of aliphatic carboxylic acids is 1. The molecule has 7 nitrogen and oxygen atoms in total. The summed E-state index contributed by atoms with van der Waals surface area (Å²) in [5.74, 6) is -1.60. The molecule has 1 N–H and O–H groups in total. The minimum atomic E-state index is -0.850. The minimum absolute atomic E-state index is 0.0164. The fourth-order valence-electron chi connectivity index (χ4n) is 3.51. The first-order chi connectivity index (χ1) is 11.9. The summed E-state index contributed by atoms with van der Waals surface area (Å²) in [5, 5.41) is 9.85. The van der Waals surface area contributed by atoms with Crippen LogP contribution in [0.4, 0.5) is 0 Å². The molecule has 0 radical (unpaired) electrons. The number of aryl methyl sites for hydroxylation is 1. The quantitative estimate of drug-likeness (QED) is 0.908. The molecule has 0 saturated carbocycles. The van der Waals surface area contributed by atoms with Crippen LogP contribution in [0.1, 0.15) is 30.1 Å². The van der Waals surface area contributed by atoms with Crippen LogP contribution in [0.25, 0.3) is 10.9 Å². The van der Waals surface area contributed by atoms with Crippen LogP contribution in [0, 0.1) is 11.8 Å². The molecule has 1 aliphatic rings. The van der Waals surface area contributed by atoms with Crippen LogP contribution in [-0.2, 0) is 11.8 Å². The number of carbonyl (C=O) groups is 2. The highest BCUT2D eigenvalue weighted by molar-refractivity contribution is 5.98. The second-order valence-corrected chi connectivity index (χ2v) is 6.60. The summed E-state index contributed by atoms with van der Waals surface area (Å²) in [6.07, 6.45) is 3.10. The van der Waals surface area contributed by atoms with E-state index in [0.29, 0.717) is 23.0 Å². The number of amides is 1. The van der Waals surface area contributed by atoms with Crippen LogP contribution in [0.2, 0.25) is 0 Å². The number of carbonyl (C=O) groups excluding carboxylic acids is 1. The van der Waals surface area contributed by atoms with Crippen molar-refractivity contribution >= 4 is 22.8 Å². The van der Waals surface area contributed by atoms with Gasteiger partial charge in [0.15, 0.2) is 0 Å². The summed E-state index contributed by atoms with van der Waals surface area (Å²) >= 11 is 0. The zero-order valence-electron chi connectivity index (χ0n) is 14.3. The fraction of sp³-hybridized carbons (Fsp3) is 0.444. The Bertz CT molecular complexity index is 890. The molecule has 2 aromatic rings. The molecule has 0 bridgehead atoms. The predicted molar refractivity (Wildman–Crippen MR) is 92.4 cm³/mol. The van der Waals surface area contributed by atoms with Crippen LogP contribution in [0.15, 0.2) is 29.3 Å². The van der Waals surface area contributed by atoms with Gasteiger partial charge in [0.25, 0.3) is 11.5 Å². The molecule has 25 heavy (non-hydrogen) atoms. The monoisotopic (exact) mass is 343 g/mol. The smallest absolute Gasteiger partial charge is 0.308 e. The van der Waals surface area contributed by atoms with Crippen LogP contribution in [0.5, 0.6) is 0 Å². The van der Waals surface area contributed by atoms with Crippen LogP contribution < -0.4 is 5.56 Å². The molecule has 7 heteroatoms. The molecular formula is C18H21N3O4. The number of hydrogen-bond donors (Lipinski definition) is 1. The molecule has 3 rings (SSSR count). The molecule has 1 aromatic carbocycles. The van der Waals surface area contributed by atoms with Gasteiger partial charge in [-0.15, -0.1) is 0 Å². The lowest BCUT2D eigenvalue weighted by molar-refractivity contribution is -0.142. The number of aromatic nitrogens is 2. The third-order valence-corrected chi connectivity index (χ3v) is 4.87. The Labute approximate surface area is 144 Å². The Morgan fingerprint density at radius 2 is 2.08 bits per heavy atom. The summed E-state index contributed by atoms with van der Waals surface area (Å²) in [6.45, 7) is 2.69. The zero-order chi connectivity index (χ0) is 18.1. The van der Waals surface area contributed by atoms with Crippen molar-refractivity contribution in [1.82, 2.24) is 14.5 Å². The second-order valence-electron chi connectivity index (χ2n) is 6.60. The van der Waals surface area contributed by atoms with Crippen molar-refractivity contribution < 1.29 is 14.7 Å². The number of hydrogen-bond acceptors (Lipinski definition) is 4. The van der Waals surface area contributed by atoms with Gasteiger partial charge in [0.2, 0.25) is 0 Å². The number of rotatable bonds is 4. The lowest BCUT2D eigenvalue weighted by Gasteiger charge is -2.16. The number of benzene rings is 1. The lowest BCUT2D eigenvalue weighted by atomic mass is 9.92. The van der Waals surface area contributed by atoms with E-state index in [1.54, 1.807) is 30.1 Å². The van der Waals surface area contributed by atoms with Crippen molar-refractivity contribution in [3.63, 3.8) is 0 Å². The van der Waals surface area contributed by atoms with E-state index in [1.807, 2.05) is 6.92 Å². The Balaban J connectivity index is 1.88. The van der Waals surface area contributed by atoms with E-state index in [9.17, 15) is 19.5 Å². The first kappa shape index (κ1) is 17.1. The van der Waals surface area contributed by atoms with Gasteiger partial charge < -0.3 is 14.6 Å². The first-order valence-corrected chi connectivity index (χ1v) is 8.39. The van der Waals surface area contributed by atoms with Crippen LogP contribution in [-0.4, -0.2) is 44.5 Å². The van der Waals surface area contributed by atoms with E-state index in [2.05, 4.69) is 4.98 Å². The highest BCUT2D eigenvalue weighted by atomic mass is 16.4. The molecule has 0 aliphatic carbocycles. The van der Waals surface area contributed by atoms with E-state index < -0.39 is 11.9 Å². The van der Waals surface area contributed by atoms with E-state index in [-0.39, 0.29) is 23.9 Å². The average Bonchev–Trinajstić information content (AvgIpc) is 3.02. The summed E-state index contributed by atoms with van der Waals surface area (Å²) in [6, 6.07) is 4.81. The molecule has 2 atom stereocenters. The Morgan fingerprint density at radius 3 is 2.76 bits per heavy atom. The number of carboxylic acids is 1. The standard InChI is InChI=1S/C18H21N3O4/c1-3-4-12-8-21(9-14(12)18(24)25)16(22)11-5-6-13-15(7-11)19-10-20(2)17(13)23/h5-7,10,12,14H,3-4,8-9H2,1-2H3,(H,24,25)/t12-,14-/m1/s1. The van der Waals surface area contributed by atoms with Crippen LogP contribution in [0.3, 0.4) is 0 Å². The molecule has 1 aromatic heterocycles. The van der Waals surface area contributed by atoms with Crippen LogP contribution >= 0.6 is 0 Å². The number of carboxylic acid groups (broad SMARTS) is 1. The predicted octanol–water partition coefficient (Wildman–Crippen LogP) is 1.51. The fourth-order valence-corrected chi connectivity index (χ4v) is 3.51. The SMILES string of the molecule is CCC[C@@H]1CN(C(=O)c2ccc3c(=O)n(C)cnc3c2)C[C@H]1C(=O)O. The molecule has 1 saturated heterocycles. The summed E-state index contributed by atoms with van der Waals surface area (Å²) in [4.78, 5) is 42.1. The molecule has 1 amide bonds. The van der Waals surface area contributed by atoms with Crippen molar-refractivity contribution in [2.75, 3.05) is 13.1 Å². The zero-order valence-corrected chi connectivity index (χ0v) is 14.3. The molecule has 2 heterocycles. The molecule has 0 spiro atoms. The molecule has 1 fully saturated rings. The van der Waals surface area contributed by atoms with Gasteiger partial charge in [-0.2, -0.15) is 0 Å². The topological polar surface area (TPSA) is 92.5 Å². The number of nitrogens with zero attached hydrogens (tertiary/aromatic N) is 3. The molecular weight excluding hydrogens is 322 g/mol. The molecule has 1 aliphatic heterocycles. The van der Waals surface area contributed by atoms with E-state index in [1.165, 1.54) is 10.9 Å². The Morgan fingerprint density at radius 1 is 1.32 bits per heavy atom. The lowest BCUT2D eigenvalue weighted by Crippen LogP contribution is -2.30. The second kappa shape index (κ2) is 6.66. The van der Waals surface area contributed by atoms with Gasteiger partial charge in [-0.3, -0.25) is 14.4 Å². The summed E-state index contributed by atoms with van der Waals surface area (Å²) in [7, 11) is 1.62. The third-order valence-electron chi connectivity index (χ3n) is 4.87. The maximum atomic E-state index is 12.8. The van der Waals surface area contributed by atoms with Gasteiger partial charge in [0, 0.05) is 25.7 Å². The van der Waals surface area contributed by atoms with E-state index >= 15 is 0 Å². The highest BCUT2D eigenvalue weighted by Gasteiger charge is 2.39. The van der Waals surface area contributed by atoms with Crippen molar-refractivity contribution in [3.8, 4) is 0 Å². The minimum Gasteiger partial charge on any atom is -0.481 e. The van der Waals surface area contributed by atoms with Gasteiger partial charge in [-0.25, -0.2) is 4.98 Å². The Kier molecular flexibility index (Phi) is 4.57. The average molecular weight is 343 g/mol. The maximum absolute atomic E-state index is 12.8. The van der Waals surface area contributed by atoms with Crippen molar-refractivity contribution in [2.24, 2.45) is 18.9 Å². The first-order valence-electron chi connectivity index (χ1n) is 8.39. The van der Waals surface area contributed by atoms with Gasteiger partial charge >= 0.3 is 5.97 Å². The highest BCUT2D eigenvalue weighted by Crippen LogP contribution is 2.29. The van der Waals surface area contributed by atoms with E-state index in [4.69, 9.17) is 0 Å². The molecule has 0 unspecified atom stereocenters. The Hall–Kier alpha value is -2.70. The molecule has 132 valence electrons. The van der Waals surface area contributed by atoms with Crippen molar-refractivity contribution in [3.05, 3.63) is 40.4 Å². The van der Waals surface area contributed by atoms with Gasteiger partial charge in [0.05, 0.1) is 23.1 Å². The van der Waals surface area contributed by atoms with Gasteiger partial charge in [-0.1, -0.05) is 13.3 Å². The van der Waals surface area contributed by atoms with Gasteiger partial charge in [0.1, 0.15) is 0 Å². The van der Waals surface area contributed by atoms with E-state index in [0.717, 1.165) is 12.8 Å².